The molecule has 0 aliphatic heterocycles. The molecule has 0 spiro atoms. The SMILES string of the molecule is COc1cccc(C(=O)NC(CBr)Cc2ccccc2)c1. The third-order valence-corrected chi connectivity index (χ3v) is 3.96. The predicted molar refractivity (Wildman–Crippen MR) is 88.2 cm³/mol. The monoisotopic (exact) mass is 347 g/mol. The molecule has 0 aliphatic carbocycles. The lowest BCUT2D eigenvalue weighted by molar-refractivity contribution is 0.0940. The zero-order valence-electron chi connectivity index (χ0n) is 11.9. The van der Waals surface area contributed by atoms with Gasteiger partial charge in [-0.2, -0.15) is 0 Å². The summed E-state index contributed by atoms with van der Waals surface area (Å²) in [5, 5.41) is 3.75. The first-order valence-corrected chi connectivity index (χ1v) is 7.90. The number of carbonyl (C=O) groups is 1. The molecule has 110 valence electrons. The van der Waals surface area contributed by atoms with Crippen molar-refractivity contribution in [2.24, 2.45) is 0 Å². The fourth-order valence-corrected chi connectivity index (χ4v) is 2.47. The zero-order valence-corrected chi connectivity index (χ0v) is 13.5. The largest absolute Gasteiger partial charge is 0.497 e. The molecule has 3 nitrogen and oxygen atoms in total. The minimum Gasteiger partial charge on any atom is -0.497 e. The topological polar surface area (TPSA) is 38.3 Å². The van der Waals surface area contributed by atoms with Crippen molar-refractivity contribution in [1.29, 1.82) is 0 Å². The van der Waals surface area contributed by atoms with Crippen LogP contribution in [0.2, 0.25) is 0 Å². The van der Waals surface area contributed by atoms with Crippen molar-refractivity contribution in [2.75, 3.05) is 12.4 Å². The van der Waals surface area contributed by atoms with Crippen LogP contribution in [-0.4, -0.2) is 24.4 Å². The van der Waals surface area contributed by atoms with Crippen molar-refractivity contribution in [3.05, 3.63) is 65.7 Å². The molecule has 0 saturated heterocycles. The molecule has 0 heterocycles. The van der Waals surface area contributed by atoms with Crippen LogP contribution in [0.15, 0.2) is 54.6 Å². The van der Waals surface area contributed by atoms with Gasteiger partial charge in [-0.25, -0.2) is 0 Å². The van der Waals surface area contributed by atoms with Gasteiger partial charge in [0.1, 0.15) is 5.75 Å². The Morgan fingerprint density at radius 2 is 1.95 bits per heavy atom. The Morgan fingerprint density at radius 1 is 1.19 bits per heavy atom. The van der Waals surface area contributed by atoms with E-state index in [1.165, 1.54) is 5.56 Å². The number of hydrogen-bond acceptors (Lipinski definition) is 2. The first kappa shape index (κ1) is 15.6. The van der Waals surface area contributed by atoms with Crippen molar-refractivity contribution >= 4 is 21.8 Å². The van der Waals surface area contributed by atoms with E-state index in [2.05, 4.69) is 33.4 Å². The normalized spacial score (nSPS) is 11.7. The summed E-state index contributed by atoms with van der Waals surface area (Å²) in [6.07, 6.45) is 0.793. The maximum atomic E-state index is 12.3. The summed E-state index contributed by atoms with van der Waals surface area (Å²) in [6, 6.07) is 17.3. The Morgan fingerprint density at radius 3 is 2.62 bits per heavy atom. The molecule has 1 unspecified atom stereocenters. The van der Waals surface area contributed by atoms with E-state index < -0.39 is 0 Å². The van der Waals surface area contributed by atoms with E-state index in [0.717, 1.165) is 6.42 Å². The summed E-state index contributed by atoms with van der Waals surface area (Å²) in [7, 11) is 1.59. The van der Waals surface area contributed by atoms with Crippen molar-refractivity contribution in [3.8, 4) is 5.75 Å². The number of alkyl halides is 1. The van der Waals surface area contributed by atoms with Crippen LogP contribution in [-0.2, 0) is 6.42 Å². The van der Waals surface area contributed by atoms with Gasteiger partial charge < -0.3 is 10.1 Å². The molecule has 0 radical (unpaired) electrons. The van der Waals surface area contributed by atoms with Gasteiger partial charge in [-0.1, -0.05) is 52.3 Å². The third-order valence-electron chi connectivity index (χ3n) is 3.18. The highest BCUT2D eigenvalue weighted by atomic mass is 79.9. The van der Waals surface area contributed by atoms with Crippen LogP contribution < -0.4 is 10.1 Å². The molecule has 1 amide bonds. The maximum absolute atomic E-state index is 12.3. The standard InChI is InChI=1S/C17H18BrNO2/c1-21-16-9-5-8-14(11-16)17(20)19-15(12-18)10-13-6-3-2-4-7-13/h2-9,11,15H,10,12H2,1H3,(H,19,20). The van der Waals surface area contributed by atoms with Gasteiger partial charge in [0.25, 0.3) is 5.91 Å². The molecular weight excluding hydrogens is 330 g/mol. The Labute approximate surface area is 133 Å². The number of amides is 1. The van der Waals surface area contributed by atoms with Crippen LogP contribution in [0.3, 0.4) is 0 Å². The number of carbonyl (C=O) groups excluding carboxylic acids is 1. The average Bonchev–Trinajstić information content (AvgIpc) is 2.55. The molecule has 2 aromatic rings. The molecule has 0 saturated carbocycles. The molecule has 1 atom stereocenters. The molecule has 1 N–H and O–H groups in total. The van der Waals surface area contributed by atoms with Gasteiger partial charge in [-0.05, 0) is 30.2 Å². The van der Waals surface area contributed by atoms with Crippen molar-refractivity contribution in [3.63, 3.8) is 0 Å². The second kappa shape index (κ2) is 7.84. The van der Waals surface area contributed by atoms with Crippen LogP contribution in [0, 0.1) is 0 Å². The first-order chi connectivity index (χ1) is 10.2. The maximum Gasteiger partial charge on any atom is 0.251 e. The van der Waals surface area contributed by atoms with Gasteiger partial charge in [-0.3, -0.25) is 4.79 Å². The number of rotatable bonds is 6. The summed E-state index contributed by atoms with van der Waals surface area (Å²) in [6.45, 7) is 0. The Balaban J connectivity index is 2.02. The summed E-state index contributed by atoms with van der Waals surface area (Å²) in [5.41, 5.74) is 1.81. The lowest BCUT2D eigenvalue weighted by Crippen LogP contribution is -2.37. The van der Waals surface area contributed by atoms with Crippen LogP contribution in [0.25, 0.3) is 0 Å². The molecule has 4 heteroatoms. The number of hydrogen-bond donors (Lipinski definition) is 1. The van der Waals surface area contributed by atoms with Crippen LogP contribution in [0.5, 0.6) is 5.75 Å². The van der Waals surface area contributed by atoms with Crippen molar-refractivity contribution < 1.29 is 9.53 Å². The number of benzene rings is 2. The number of methoxy groups -OCH3 is 1. The molecule has 0 bridgehead atoms. The van der Waals surface area contributed by atoms with Crippen molar-refractivity contribution in [2.45, 2.75) is 12.5 Å². The lowest BCUT2D eigenvalue weighted by atomic mass is 10.1. The minimum atomic E-state index is -0.0886. The fraction of sp³-hybridized carbons (Fsp3) is 0.235. The predicted octanol–water partition coefficient (Wildman–Crippen LogP) is 3.43. The van der Waals surface area contributed by atoms with Gasteiger partial charge in [-0.15, -0.1) is 0 Å². The Kier molecular flexibility index (Phi) is 5.81. The van der Waals surface area contributed by atoms with Gasteiger partial charge >= 0.3 is 0 Å². The molecule has 2 rings (SSSR count). The number of halogens is 1. The molecular formula is C17H18BrNO2. The Hall–Kier alpha value is -1.81. The summed E-state index contributed by atoms with van der Waals surface area (Å²) in [5.74, 6) is 0.593. The van der Waals surface area contributed by atoms with Crippen LogP contribution in [0.1, 0.15) is 15.9 Å². The fourth-order valence-electron chi connectivity index (χ4n) is 2.08. The zero-order chi connectivity index (χ0) is 15.1. The number of ether oxygens (including phenoxy) is 1. The molecule has 21 heavy (non-hydrogen) atoms. The quantitative estimate of drug-likeness (QED) is 0.813. The number of nitrogens with one attached hydrogen (secondary N) is 1. The lowest BCUT2D eigenvalue weighted by Gasteiger charge is -2.16. The van der Waals surface area contributed by atoms with E-state index in [1.807, 2.05) is 30.3 Å². The van der Waals surface area contributed by atoms with Crippen LogP contribution in [0.4, 0.5) is 0 Å². The average molecular weight is 348 g/mol. The summed E-state index contributed by atoms with van der Waals surface area (Å²) in [4.78, 5) is 12.3. The van der Waals surface area contributed by atoms with E-state index in [-0.39, 0.29) is 11.9 Å². The third kappa shape index (κ3) is 4.60. The van der Waals surface area contributed by atoms with E-state index >= 15 is 0 Å². The van der Waals surface area contributed by atoms with Gasteiger partial charge in [0.15, 0.2) is 0 Å². The molecule has 2 aromatic carbocycles. The van der Waals surface area contributed by atoms with Gasteiger partial charge in [0.2, 0.25) is 0 Å². The second-order valence-electron chi connectivity index (χ2n) is 4.75. The minimum absolute atomic E-state index is 0.0473. The highest BCUT2D eigenvalue weighted by molar-refractivity contribution is 9.09. The highest BCUT2D eigenvalue weighted by Crippen LogP contribution is 2.13. The molecule has 0 aliphatic rings. The highest BCUT2D eigenvalue weighted by Gasteiger charge is 2.13. The summed E-state index contributed by atoms with van der Waals surface area (Å²) >= 11 is 3.46. The second-order valence-corrected chi connectivity index (χ2v) is 5.39. The van der Waals surface area contributed by atoms with E-state index in [9.17, 15) is 4.79 Å². The van der Waals surface area contributed by atoms with Crippen molar-refractivity contribution in [1.82, 2.24) is 5.32 Å². The van der Waals surface area contributed by atoms with Crippen LogP contribution >= 0.6 is 15.9 Å². The smallest absolute Gasteiger partial charge is 0.251 e. The molecule has 0 fully saturated rings. The van der Waals surface area contributed by atoms with Gasteiger partial charge in [0, 0.05) is 16.9 Å². The first-order valence-electron chi connectivity index (χ1n) is 6.77. The Bertz CT molecular complexity index is 586. The molecule has 0 aromatic heterocycles. The van der Waals surface area contributed by atoms with E-state index in [4.69, 9.17) is 4.74 Å². The van der Waals surface area contributed by atoms with E-state index in [0.29, 0.717) is 16.6 Å². The van der Waals surface area contributed by atoms with Gasteiger partial charge in [0.05, 0.1) is 7.11 Å². The van der Waals surface area contributed by atoms with E-state index in [1.54, 1.807) is 19.2 Å². The summed E-state index contributed by atoms with van der Waals surface area (Å²) < 4.78 is 5.14.